The maximum atomic E-state index is 10.7. The number of nitrogens with one attached hydrogen (secondary N) is 1. The largest absolute Gasteiger partial charge is 0.480 e. The molecule has 0 aromatic rings. The lowest BCUT2D eigenvalue weighted by molar-refractivity contribution is -0.145. The van der Waals surface area contributed by atoms with Crippen LogP contribution in [0.3, 0.4) is 0 Å². The van der Waals surface area contributed by atoms with Gasteiger partial charge in [0.05, 0.1) is 15.9 Å². The number of hydrogen-bond donors (Lipinski definition) is 2. The van der Waals surface area contributed by atoms with Crippen LogP contribution in [0, 0.1) is 0 Å². The highest BCUT2D eigenvalue weighted by Crippen LogP contribution is 1.98. The first kappa shape index (κ1) is 11.8. The summed E-state index contributed by atoms with van der Waals surface area (Å²) in [4.78, 5) is 31.6. The molecule has 0 saturated heterocycles. The number of carboxylic acids is 1. The molecule has 7 heteroatoms. The number of rotatable bonds is 4. The third-order valence-corrected chi connectivity index (χ3v) is 1.44. The van der Waals surface area contributed by atoms with Crippen LogP contribution in [0.4, 0.5) is 0 Å². The summed E-state index contributed by atoms with van der Waals surface area (Å²) in [6.07, 6.45) is -0.390. The minimum atomic E-state index is -1.27. The van der Waals surface area contributed by atoms with Gasteiger partial charge in [-0.05, 0) is 0 Å². The Kier molecular flexibility index (Phi) is 4.99. The summed E-state index contributed by atoms with van der Waals surface area (Å²) in [5.74, 6) is -2.50. The van der Waals surface area contributed by atoms with Crippen molar-refractivity contribution in [1.82, 2.24) is 5.32 Å². The molecule has 0 saturated carbocycles. The van der Waals surface area contributed by atoms with E-state index in [2.05, 4.69) is 9.84 Å². The van der Waals surface area contributed by atoms with Gasteiger partial charge in [-0.25, -0.2) is 4.79 Å². The first-order valence-corrected chi connectivity index (χ1v) is 3.84. The molecule has 2 atom stereocenters. The molecule has 0 spiro atoms. The van der Waals surface area contributed by atoms with Gasteiger partial charge in [-0.15, -0.1) is 0 Å². The lowest BCUT2D eigenvalue weighted by Crippen LogP contribution is -2.41. The number of aliphatic carboxylic acids is 1. The molecule has 1 unspecified atom stereocenters. The number of hydrogen-bond acceptors (Lipinski definition) is 4. The van der Waals surface area contributed by atoms with Gasteiger partial charge in [0.25, 0.3) is 0 Å². The Morgan fingerprint density at radius 2 is 2.08 bits per heavy atom. The predicted octanol–water partition coefficient (Wildman–Crippen LogP) is -0.701. The second-order valence-electron chi connectivity index (χ2n) is 2.29. The molecule has 0 aliphatic carbocycles. The Labute approximate surface area is 76.9 Å². The van der Waals surface area contributed by atoms with Gasteiger partial charge in [0, 0.05) is 6.92 Å². The SMILES string of the molecule is CC(=O)N[C@@H](CC(=O)OP)C(=O)O. The van der Waals surface area contributed by atoms with Gasteiger partial charge >= 0.3 is 11.9 Å². The van der Waals surface area contributed by atoms with Crippen LogP contribution in [-0.4, -0.2) is 29.0 Å². The van der Waals surface area contributed by atoms with E-state index in [-0.39, 0.29) is 0 Å². The molecular weight excluding hydrogens is 197 g/mol. The molecule has 1 amide bonds. The Morgan fingerprint density at radius 1 is 1.54 bits per heavy atom. The summed E-state index contributed by atoms with van der Waals surface area (Å²) in [6, 6.07) is -1.23. The normalized spacial score (nSPS) is 11.5. The van der Waals surface area contributed by atoms with Gasteiger partial charge in [-0.1, -0.05) is 0 Å². The summed E-state index contributed by atoms with van der Waals surface area (Å²) < 4.78 is 4.18. The van der Waals surface area contributed by atoms with E-state index < -0.39 is 30.3 Å². The van der Waals surface area contributed by atoms with Gasteiger partial charge in [0.15, 0.2) is 0 Å². The third kappa shape index (κ3) is 5.14. The molecule has 0 fully saturated rings. The Bertz CT molecular complexity index is 229. The van der Waals surface area contributed by atoms with Gasteiger partial charge < -0.3 is 14.9 Å². The zero-order chi connectivity index (χ0) is 10.4. The molecule has 0 rings (SSSR count). The summed E-state index contributed by atoms with van der Waals surface area (Å²) in [5.41, 5.74) is 0. The van der Waals surface area contributed by atoms with Crippen molar-refractivity contribution in [2.24, 2.45) is 0 Å². The summed E-state index contributed by atoms with van der Waals surface area (Å²) in [5, 5.41) is 10.6. The molecular formula is C6H10NO5P. The van der Waals surface area contributed by atoms with Crippen molar-refractivity contribution >= 4 is 27.3 Å². The van der Waals surface area contributed by atoms with Gasteiger partial charge in [0.2, 0.25) is 5.91 Å². The van der Waals surface area contributed by atoms with Crippen molar-refractivity contribution in [2.45, 2.75) is 19.4 Å². The van der Waals surface area contributed by atoms with Crippen LogP contribution < -0.4 is 5.32 Å². The van der Waals surface area contributed by atoms with E-state index in [1.165, 1.54) is 6.92 Å². The highest BCUT2D eigenvalue weighted by Gasteiger charge is 2.22. The Morgan fingerprint density at radius 3 is 2.38 bits per heavy atom. The molecule has 0 radical (unpaired) electrons. The van der Waals surface area contributed by atoms with Crippen molar-refractivity contribution in [3.05, 3.63) is 0 Å². The smallest absolute Gasteiger partial charge is 0.326 e. The Balaban J connectivity index is 4.18. The first-order valence-electron chi connectivity index (χ1n) is 3.36. The topological polar surface area (TPSA) is 92.7 Å². The zero-order valence-electron chi connectivity index (χ0n) is 6.94. The fourth-order valence-electron chi connectivity index (χ4n) is 0.660. The fraction of sp³-hybridized carbons (Fsp3) is 0.500. The van der Waals surface area contributed by atoms with Crippen molar-refractivity contribution in [3.8, 4) is 0 Å². The highest BCUT2D eigenvalue weighted by atomic mass is 31.0. The average molecular weight is 207 g/mol. The maximum absolute atomic E-state index is 10.7. The highest BCUT2D eigenvalue weighted by molar-refractivity contribution is 7.10. The summed E-state index contributed by atoms with van der Waals surface area (Å²) >= 11 is 0. The summed E-state index contributed by atoms with van der Waals surface area (Å²) in [7, 11) is 1.71. The minimum absolute atomic E-state index is 0.390. The molecule has 2 N–H and O–H groups in total. The van der Waals surface area contributed by atoms with Crippen LogP contribution >= 0.6 is 9.47 Å². The van der Waals surface area contributed by atoms with E-state index in [1.54, 1.807) is 9.47 Å². The molecule has 0 aromatic carbocycles. The third-order valence-electron chi connectivity index (χ3n) is 1.18. The van der Waals surface area contributed by atoms with Gasteiger partial charge in [-0.3, -0.25) is 9.59 Å². The number of carboxylic acid groups (broad SMARTS) is 1. The zero-order valence-corrected chi connectivity index (χ0v) is 8.10. The number of amides is 1. The predicted molar refractivity (Wildman–Crippen MR) is 45.7 cm³/mol. The Hall–Kier alpha value is -1.16. The minimum Gasteiger partial charge on any atom is -0.480 e. The lowest BCUT2D eigenvalue weighted by Gasteiger charge is -2.10. The van der Waals surface area contributed by atoms with Crippen LogP contribution in [0.15, 0.2) is 0 Å². The first-order chi connectivity index (χ1) is 5.97. The van der Waals surface area contributed by atoms with Crippen LogP contribution in [0.25, 0.3) is 0 Å². The van der Waals surface area contributed by atoms with Crippen molar-refractivity contribution in [2.75, 3.05) is 0 Å². The van der Waals surface area contributed by atoms with E-state index in [0.29, 0.717) is 0 Å². The second kappa shape index (κ2) is 5.48. The quantitative estimate of drug-likeness (QED) is 0.594. The van der Waals surface area contributed by atoms with Crippen molar-refractivity contribution in [3.63, 3.8) is 0 Å². The molecule has 6 nitrogen and oxygen atoms in total. The molecule has 0 aromatic heterocycles. The second-order valence-corrected chi connectivity index (χ2v) is 2.52. The van der Waals surface area contributed by atoms with E-state index in [9.17, 15) is 14.4 Å². The van der Waals surface area contributed by atoms with Crippen molar-refractivity contribution in [1.29, 1.82) is 0 Å². The maximum Gasteiger partial charge on any atom is 0.326 e. The van der Waals surface area contributed by atoms with E-state index in [4.69, 9.17) is 5.11 Å². The molecule has 13 heavy (non-hydrogen) atoms. The fourth-order valence-corrected chi connectivity index (χ4v) is 0.756. The average Bonchev–Trinajstić information content (AvgIpc) is 2.02. The molecule has 0 aliphatic heterocycles. The standard InChI is InChI=1S/C6H10NO5P/c1-3(8)7-4(6(10)11)2-5(9)12-13/h4H,2,13H2,1H3,(H,7,8)(H,10,11)/t4-/m0/s1. The van der Waals surface area contributed by atoms with Gasteiger partial charge in [0.1, 0.15) is 6.04 Å². The van der Waals surface area contributed by atoms with Crippen molar-refractivity contribution < 1.29 is 24.0 Å². The van der Waals surface area contributed by atoms with Crippen LogP contribution in [-0.2, 0) is 18.9 Å². The van der Waals surface area contributed by atoms with E-state index >= 15 is 0 Å². The van der Waals surface area contributed by atoms with Crippen LogP contribution in [0.1, 0.15) is 13.3 Å². The molecule has 0 heterocycles. The van der Waals surface area contributed by atoms with Gasteiger partial charge in [-0.2, -0.15) is 0 Å². The van der Waals surface area contributed by atoms with E-state index in [1.807, 2.05) is 0 Å². The molecule has 74 valence electrons. The lowest BCUT2D eigenvalue weighted by atomic mass is 10.2. The molecule has 0 aliphatic rings. The number of carbonyl (C=O) groups is 3. The monoisotopic (exact) mass is 207 g/mol. The van der Waals surface area contributed by atoms with Crippen LogP contribution in [0.5, 0.6) is 0 Å². The number of carbonyl (C=O) groups excluding carboxylic acids is 2. The van der Waals surface area contributed by atoms with E-state index in [0.717, 1.165) is 0 Å². The molecule has 0 bridgehead atoms. The summed E-state index contributed by atoms with van der Waals surface area (Å²) in [6.45, 7) is 1.17. The van der Waals surface area contributed by atoms with Crippen LogP contribution in [0.2, 0.25) is 0 Å².